The lowest BCUT2D eigenvalue weighted by atomic mass is 10.1. The zero-order valence-electron chi connectivity index (χ0n) is 7.67. The van der Waals surface area contributed by atoms with Crippen LogP contribution in [0, 0.1) is 18.3 Å². The lowest BCUT2D eigenvalue weighted by Gasteiger charge is -2.04. The molecule has 0 saturated carbocycles. The second-order valence-corrected chi connectivity index (χ2v) is 4.45. The van der Waals surface area contributed by atoms with E-state index in [9.17, 15) is 0 Å². The third kappa shape index (κ3) is 1.39. The summed E-state index contributed by atoms with van der Waals surface area (Å²) in [6.07, 6.45) is 0.386. The number of hydrogen-bond donors (Lipinski definition) is 0. The van der Waals surface area contributed by atoms with E-state index in [4.69, 9.17) is 16.9 Å². The van der Waals surface area contributed by atoms with E-state index in [2.05, 4.69) is 18.2 Å². The summed E-state index contributed by atoms with van der Waals surface area (Å²) in [5, 5.41) is 12.7. The van der Waals surface area contributed by atoms with Crippen LogP contribution in [0.4, 0.5) is 0 Å². The minimum atomic E-state index is 0.386. The Hall–Kier alpha value is -1.04. The Morgan fingerprint density at radius 2 is 2.36 bits per heavy atom. The van der Waals surface area contributed by atoms with Gasteiger partial charge in [0.15, 0.2) is 0 Å². The molecule has 2 rings (SSSR count). The van der Waals surface area contributed by atoms with Gasteiger partial charge in [0.1, 0.15) is 0 Å². The Kier molecular flexibility index (Phi) is 2.45. The van der Waals surface area contributed by atoms with Gasteiger partial charge in [0.05, 0.1) is 12.5 Å². The molecule has 1 heterocycles. The average Bonchev–Trinajstić information content (AvgIpc) is 2.60. The molecule has 0 spiro atoms. The third-order valence-electron chi connectivity index (χ3n) is 2.21. The summed E-state index contributed by atoms with van der Waals surface area (Å²) in [4.78, 5) is 0. The molecule has 0 bridgehead atoms. The van der Waals surface area contributed by atoms with E-state index in [1.807, 2.05) is 12.3 Å². The minimum Gasteiger partial charge on any atom is -0.198 e. The Balaban J connectivity index is 2.81. The fourth-order valence-corrected chi connectivity index (χ4v) is 2.75. The first-order chi connectivity index (χ1) is 6.74. The van der Waals surface area contributed by atoms with Crippen molar-refractivity contribution < 1.29 is 0 Å². The molecule has 0 atom stereocenters. The van der Waals surface area contributed by atoms with Crippen molar-refractivity contribution in [2.75, 3.05) is 0 Å². The van der Waals surface area contributed by atoms with Gasteiger partial charge in [-0.2, -0.15) is 5.26 Å². The SMILES string of the molecule is Cc1cc2ccsc2c(CC#N)c1Cl. The number of nitrogens with zero attached hydrogens (tertiary/aromatic N) is 1. The Bertz CT molecular complexity index is 522. The van der Waals surface area contributed by atoms with E-state index < -0.39 is 0 Å². The van der Waals surface area contributed by atoms with Crippen LogP contribution in [0.15, 0.2) is 17.5 Å². The van der Waals surface area contributed by atoms with Crippen LogP contribution in [0.2, 0.25) is 5.02 Å². The van der Waals surface area contributed by atoms with Crippen molar-refractivity contribution in [1.82, 2.24) is 0 Å². The van der Waals surface area contributed by atoms with Gasteiger partial charge in [0.2, 0.25) is 0 Å². The molecule has 0 unspecified atom stereocenters. The van der Waals surface area contributed by atoms with Crippen molar-refractivity contribution in [3.8, 4) is 6.07 Å². The first-order valence-electron chi connectivity index (χ1n) is 4.26. The molecule has 3 heteroatoms. The van der Waals surface area contributed by atoms with E-state index in [1.54, 1.807) is 11.3 Å². The average molecular weight is 222 g/mol. The highest BCUT2D eigenvalue weighted by Crippen LogP contribution is 2.33. The van der Waals surface area contributed by atoms with Gasteiger partial charge >= 0.3 is 0 Å². The molecule has 70 valence electrons. The first-order valence-corrected chi connectivity index (χ1v) is 5.52. The molecule has 1 nitrogen and oxygen atoms in total. The lowest BCUT2D eigenvalue weighted by molar-refractivity contribution is 1.28. The molecule has 2 aromatic rings. The number of nitriles is 1. The second kappa shape index (κ2) is 3.61. The molecule has 0 amide bonds. The van der Waals surface area contributed by atoms with Gasteiger partial charge in [0.25, 0.3) is 0 Å². The number of aryl methyl sites for hydroxylation is 1. The maximum atomic E-state index is 8.73. The van der Waals surface area contributed by atoms with Crippen molar-refractivity contribution >= 4 is 33.0 Å². The first kappa shape index (κ1) is 9.51. The fraction of sp³-hybridized carbons (Fsp3) is 0.182. The molecular weight excluding hydrogens is 214 g/mol. The van der Waals surface area contributed by atoms with Crippen LogP contribution >= 0.6 is 22.9 Å². The largest absolute Gasteiger partial charge is 0.198 e. The molecular formula is C11H8ClNS. The zero-order chi connectivity index (χ0) is 10.1. The normalized spacial score (nSPS) is 10.4. The molecule has 1 aromatic carbocycles. The van der Waals surface area contributed by atoms with Gasteiger partial charge in [0, 0.05) is 15.3 Å². The van der Waals surface area contributed by atoms with Gasteiger partial charge in [-0.05, 0) is 35.4 Å². The smallest absolute Gasteiger partial charge is 0.0670 e. The maximum Gasteiger partial charge on any atom is 0.0670 e. The Morgan fingerprint density at radius 1 is 1.57 bits per heavy atom. The predicted molar refractivity (Wildman–Crippen MR) is 60.9 cm³/mol. The highest BCUT2D eigenvalue weighted by Gasteiger charge is 2.09. The van der Waals surface area contributed by atoms with E-state index in [0.717, 1.165) is 20.8 Å². The van der Waals surface area contributed by atoms with Gasteiger partial charge in [-0.15, -0.1) is 11.3 Å². The van der Waals surface area contributed by atoms with E-state index in [-0.39, 0.29) is 0 Å². The van der Waals surface area contributed by atoms with Crippen LogP contribution in [0.3, 0.4) is 0 Å². The minimum absolute atomic E-state index is 0.386. The topological polar surface area (TPSA) is 23.8 Å². The van der Waals surface area contributed by atoms with Crippen LogP contribution in [-0.2, 0) is 6.42 Å². The molecule has 0 fully saturated rings. The monoisotopic (exact) mass is 221 g/mol. The van der Waals surface area contributed by atoms with Crippen molar-refractivity contribution in [3.05, 3.63) is 33.7 Å². The summed E-state index contributed by atoms with van der Waals surface area (Å²) >= 11 is 7.80. The van der Waals surface area contributed by atoms with Gasteiger partial charge in [-0.1, -0.05) is 11.6 Å². The van der Waals surface area contributed by atoms with Gasteiger partial charge in [-0.25, -0.2) is 0 Å². The van der Waals surface area contributed by atoms with Crippen molar-refractivity contribution in [2.24, 2.45) is 0 Å². The summed E-state index contributed by atoms with van der Waals surface area (Å²) in [5.41, 5.74) is 2.02. The lowest BCUT2D eigenvalue weighted by Crippen LogP contribution is -1.87. The van der Waals surface area contributed by atoms with Gasteiger partial charge < -0.3 is 0 Å². The standard InChI is InChI=1S/C11H8ClNS/c1-7-6-8-3-5-14-11(8)9(2-4-13)10(7)12/h3,5-6H,2H2,1H3. The summed E-state index contributed by atoms with van der Waals surface area (Å²) in [6, 6.07) is 6.28. The van der Waals surface area contributed by atoms with Crippen molar-refractivity contribution in [3.63, 3.8) is 0 Å². The summed E-state index contributed by atoms with van der Waals surface area (Å²) in [6.45, 7) is 1.97. The molecule has 0 radical (unpaired) electrons. The highest BCUT2D eigenvalue weighted by atomic mass is 35.5. The third-order valence-corrected chi connectivity index (χ3v) is 3.72. The van der Waals surface area contributed by atoms with Gasteiger partial charge in [-0.3, -0.25) is 0 Å². The molecule has 0 aliphatic carbocycles. The predicted octanol–water partition coefficient (Wildman–Crippen LogP) is 3.93. The maximum absolute atomic E-state index is 8.73. The van der Waals surface area contributed by atoms with Crippen LogP contribution in [0.5, 0.6) is 0 Å². The summed E-state index contributed by atoms with van der Waals surface area (Å²) < 4.78 is 1.14. The molecule has 0 aliphatic heterocycles. The summed E-state index contributed by atoms with van der Waals surface area (Å²) in [7, 11) is 0. The molecule has 14 heavy (non-hydrogen) atoms. The van der Waals surface area contributed by atoms with E-state index >= 15 is 0 Å². The van der Waals surface area contributed by atoms with Crippen LogP contribution in [-0.4, -0.2) is 0 Å². The Labute approximate surface area is 91.5 Å². The molecule has 0 N–H and O–H groups in total. The van der Waals surface area contributed by atoms with Crippen molar-refractivity contribution in [1.29, 1.82) is 5.26 Å². The number of rotatable bonds is 1. The number of fused-ring (bicyclic) bond motifs is 1. The highest BCUT2D eigenvalue weighted by molar-refractivity contribution is 7.17. The Morgan fingerprint density at radius 3 is 3.07 bits per heavy atom. The zero-order valence-corrected chi connectivity index (χ0v) is 9.25. The number of halogens is 1. The van der Waals surface area contributed by atoms with Crippen LogP contribution < -0.4 is 0 Å². The number of thiophene rings is 1. The second-order valence-electron chi connectivity index (χ2n) is 3.16. The number of hydrogen-bond acceptors (Lipinski definition) is 2. The van der Waals surface area contributed by atoms with E-state index in [1.165, 1.54) is 5.39 Å². The fourth-order valence-electron chi connectivity index (χ4n) is 1.55. The number of benzene rings is 1. The van der Waals surface area contributed by atoms with Crippen LogP contribution in [0.1, 0.15) is 11.1 Å². The van der Waals surface area contributed by atoms with E-state index in [0.29, 0.717) is 6.42 Å². The molecule has 1 aromatic heterocycles. The quantitative estimate of drug-likeness (QED) is 0.716. The molecule has 0 aliphatic rings. The molecule has 0 saturated heterocycles. The summed E-state index contributed by atoms with van der Waals surface area (Å²) in [5.74, 6) is 0. The van der Waals surface area contributed by atoms with Crippen LogP contribution in [0.25, 0.3) is 10.1 Å². The van der Waals surface area contributed by atoms with Crippen molar-refractivity contribution in [2.45, 2.75) is 13.3 Å².